The van der Waals surface area contributed by atoms with Gasteiger partial charge in [-0.15, -0.1) is 0 Å². The fourth-order valence-corrected chi connectivity index (χ4v) is 1.86. The number of rotatable bonds is 3. The van der Waals surface area contributed by atoms with Crippen LogP contribution in [0.4, 0.5) is 0 Å². The molecule has 0 saturated carbocycles. The maximum Gasteiger partial charge on any atom is 0.486 e. The molecule has 1 rings (SSSR count). The third-order valence-electron chi connectivity index (χ3n) is 3.82. The molecule has 17 heavy (non-hydrogen) atoms. The monoisotopic (exact) mass is 240 g/mol. The first-order valence-corrected chi connectivity index (χ1v) is 6.34. The van der Waals surface area contributed by atoms with E-state index < -0.39 is 0 Å². The molecule has 1 aliphatic rings. The Kier molecular flexibility index (Phi) is 5.23. The van der Waals surface area contributed by atoms with Gasteiger partial charge >= 0.3 is 7.12 Å². The van der Waals surface area contributed by atoms with Crippen molar-refractivity contribution < 1.29 is 14.0 Å². The maximum atomic E-state index is 6.08. The maximum absolute atomic E-state index is 6.08. The van der Waals surface area contributed by atoms with Crippen LogP contribution in [0, 0.1) is 5.41 Å². The van der Waals surface area contributed by atoms with Crippen LogP contribution < -0.4 is 0 Å². The topological polar surface area (TPSA) is 27.7 Å². The van der Waals surface area contributed by atoms with Gasteiger partial charge in [-0.25, -0.2) is 0 Å². The quantitative estimate of drug-likeness (QED) is 0.710. The van der Waals surface area contributed by atoms with Crippen LogP contribution in [0.15, 0.2) is 12.1 Å². The highest BCUT2D eigenvalue weighted by atomic mass is 16.6. The molecule has 0 aromatic rings. The molecule has 0 N–H and O–H groups in total. The molecule has 0 atom stereocenters. The molecule has 0 aromatic heterocycles. The van der Waals surface area contributed by atoms with E-state index in [2.05, 4.69) is 27.7 Å². The Morgan fingerprint density at radius 1 is 1.29 bits per heavy atom. The van der Waals surface area contributed by atoms with Crippen molar-refractivity contribution in [2.75, 3.05) is 20.3 Å². The molecule has 0 unspecified atom stereocenters. The van der Waals surface area contributed by atoms with Gasteiger partial charge in [0, 0.05) is 13.7 Å². The molecule has 1 aliphatic heterocycles. The molecule has 0 bridgehead atoms. The fraction of sp³-hybridized carbons (Fsp3) is 0.846. The molecule has 0 aromatic carbocycles. The first-order valence-electron chi connectivity index (χ1n) is 6.34. The van der Waals surface area contributed by atoms with Gasteiger partial charge in [0.15, 0.2) is 0 Å². The molecule has 0 aliphatic carbocycles. The van der Waals surface area contributed by atoms with Crippen LogP contribution in [-0.4, -0.2) is 33.0 Å². The summed E-state index contributed by atoms with van der Waals surface area (Å²) < 4.78 is 16.8. The molecule has 0 radical (unpaired) electrons. The Balaban J connectivity index is 2.68. The van der Waals surface area contributed by atoms with Gasteiger partial charge in [-0.2, -0.15) is 0 Å². The molecule has 1 heterocycles. The molecule has 0 amide bonds. The predicted octanol–water partition coefficient (Wildman–Crippen LogP) is 2.85. The van der Waals surface area contributed by atoms with E-state index >= 15 is 0 Å². The van der Waals surface area contributed by atoms with Gasteiger partial charge in [0.2, 0.25) is 0 Å². The number of methoxy groups -OCH3 is 1. The Morgan fingerprint density at radius 3 is 2.65 bits per heavy atom. The Morgan fingerprint density at radius 2 is 2.00 bits per heavy atom. The second-order valence-electron chi connectivity index (χ2n) is 5.74. The summed E-state index contributed by atoms with van der Waals surface area (Å²) in [6, 6.07) is 0. The van der Waals surface area contributed by atoms with Gasteiger partial charge in [-0.1, -0.05) is 25.9 Å². The van der Waals surface area contributed by atoms with E-state index in [4.69, 9.17) is 14.0 Å². The molecule has 0 spiro atoms. The van der Waals surface area contributed by atoms with E-state index in [0.717, 1.165) is 19.4 Å². The van der Waals surface area contributed by atoms with Crippen LogP contribution in [0.1, 0.15) is 40.5 Å². The van der Waals surface area contributed by atoms with E-state index in [-0.39, 0.29) is 18.1 Å². The zero-order valence-electron chi connectivity index (χ0n) is 11.8. The van der Waals surface area contributed by atoms with Crippen molar-refractivity contribution in [2.24, 2.45) is 5.41 Å². The first-order chi connectivity index (χ1) is 7.89. The van der Waals surface area contributed by atoms with Crippen LogP contribution in [0.5, 0.6) is 0 Å². The van der Waals surface area contributed by atoms with E-state index in [0.29, 0.717) is 6.61 Å². The van der Waals surface area contributed by atoms with Crippen molar-refractivity contribution in [3.05, 3.63) is 12.1 Å². The smallest absolute Gasteiger partial charge is 0.408 e. The van der Waals surface area contributed by atoms with E-state index in [1.807, 2.05) is 12.1 Å². The normalized spacial score (nSPS) is 24.6. The Bertz CT molecular complexity index is 261. The molecule has 3 nitrogen and oxygen atoms in total. The third kappa shape index (κ3) is 4.13. The summed E-state index contributed by atoms with van der Waals surface area (Å²) in [5.74, 6) is 1.94. The lowest BCUT2D eigenvalue weighted by Crippen LogP contribution is -2.47. The van der Waals surface area contributed by atoms with Gasteiger partial charge in [-0.3, -0.25) is 0 Å². The summed E-state index contributed by atoms with van der Waals surface area (Å²) in [5, 5.41) is 0. The van der Waals surface area contributed by atoms with Crippen molar-refractivity contribution in [1.82, 2.24) is 0 Å². The zero-order chi connectivity index (χ0) is 12.9. The van der Waals surface area contributed by atoms with Crippen molar-refractivity contribution >= 4 is 7.12 Å². The summed E-state index contributed by atoms with van der Waals surface area (Å²) in [7, 11) is 1.41. The minimum absolute atomic E-state index is 0.157. The van der Waals surface area contributed by atoms with Crippen molar-refractivity contribution in [1.29, 1.82) is 0 Å². The number of hydrogen-bond donors (Lipinski definition) is 0. The predicted molar refractivity (Wildman–Crippen MR) is 70.9 cm³/mol. The minimum Gasteiger partial charge on any atom is -0.408 e. The lowest BCUT2D eigenvalue weighted by Gasteiger charge is -2.44. The van der Waals surface area contributed by atoms with Gasteiger partial charge in [0.05, 0.1) is 12.2 Å². The lowest BCUT2D eigenvalue weighted by atomic mass is 9.71. The zero-order valence-corrected chi connectivity index (χ0v) is 11.8. The summed E-state index contributed by atoms with van der Waals surface area (Å²) in [5.41, 5.74) is -0.0420. The van der Waals surface area contributed by atoms with Crippen molar-refractivity contribution in [3.63, 3.8) is 0 Å². The lowest BCUT2D eigenvalue weighted by molar-refractivity contribution is -0.0489. The summed E-state index contributed by atoms with van der Waals surface area (Å²) in [6.07, 6.45) is 4.14. The van der Waals surface area contributed by atoms with Gasteiger partial charge < -0.3 is 14.0 Å². The highest BCUT2D eigenvalue weighted by molar-refractivity contribution is 6.50. The van der Waals surface area contributed by atoms with Crippen LogP contribution >= 0.6 is 0 Å². The van der Waals surface area contributed by atoms with Gasteiger partial charge in [-0.05, 0) is 32.1 Å². The average molecular weight is 240 g/mol. The van der Waals surface area contributed by atoms with E-state index in [1.165, 1.54) is 0 Å². The summed E-state index contributed by atoms with van der Waals surface area (Å²) in [4.78, 5) is 0. The molecule has 1 saturated heterocycles. The fourth-order valence-electron chi connectivity index (χ4n) is 1.86. The van der Waals surface area contributed by atoms with Crippen molar-refractivity contribution in [3.8, 4) is 0 Å². The largest absolute Gasteiger partial charge is 0.486 e. The van der Waals surface area contributed by atoms with E-state index in [9.17, 15) is 0 Å². The molecule has 1 fully saturated rings. The average Bonchev–Trinajstić information content (AvgIpc) is 2.22. The van der Waals surface area contributed by atoms with Crippen LogP contribution in [0.3, 0.4) is 0 Å². The standard InChI is InChI=1S/C13H25BO3/c1-12(2)8-6-11-16-14(9-7-10-15-5)17-13(12,3)4/h7,9H,6,8,10-11H2,1-5H3/b9-7+. The molecule has 98 valence electrons. The molecule has 4 heteroatoms. The number of ether oxygens (including phenoxy) is 1. The number of hydrogen-bond acceptors (Lipinski definition) is 3. The van der Waals surface area contributed by atoms with Crippen LogP contribution in [-0.2, 0) is 14.0 Å². The van der Waals surface area contributed by atoms with E-state index in [1.54, 1.807) is 7.11 Å². The third-order valence-corrected chi connectivity index (χ3v) is 3.82. The highest BCUT2D eigenvalue weighted by Crippen LogP contribution is 2.39. The minimum atomic E-state index is -0.264. The summed E-state index contributed by atoms with van der Waals surface area (Å²) in [6.45, 7) is 10.1. The van der Waals surface area contributed by atoms with Gasteiger partial charge in [0.1, 0.15) is 0 Å². The second-order valence-corrected chi connectivity index (χ2v) is 5.74. The van der Waals surface area contributed by atoms with Crippen molar-refractivity contribution in [2.45, 2.75) is 46.1 Å². The van der Waals surface area contributed by atoms with Crippen LogP contribution in [0.2, 0.25) is 0 Å². The Labute approximate surface area is 106 Å². The summed E-state index contributed by atoms with van der Waals surface area (Å²) >= 11 is 0. The second kappa shape index (κ2) is 6.03. The molecular formula is C13H25BO3. The molecular weight excluding hydrogens is 215 g/mol. The van der Waals surface area contributed by atoms with Gasteiger partial charge in [0.25, 0.3) is 0 Å². The SMILES string of the molecule is COC/C=C/B1OCCCC(C)(C)C(C)(C)O1. The Hall–Kier alpha value is -0.315. The highest BCUT2D eigenvalue weighted by Gasteiger charge is 2.41. The van der Waals surface area contributed by atoms with Crippen LogP contribution in [0.25, 0.3) is 0 Å². The first kappa shape index (κ1) is 14.7.